The fraction of sp³-hybridized carbons (Fsp3) is 0.0500. The van der Waals surface area contributed by atoms with Gasteiger partial charge in [-0.05, 0) is 17.7 Å². The summed E-state index contributed by atoms with van der Waals surface area (Å²) in [7, 11) is 0. The highest BCUT2D eigenvalue weighted by Gasteiger charge is 2.42. The van der Waals surface area contributed by atoms with Crippen molar-refractivity contribution in [3.63, 3.8) is 0 Å². The number of halogens is 1. The maximum absolute atomic E-state index is 13.4. The number of benzene rings is 2. The number of hydrogen-bond donors (Lipinski definition) is 1. The third-order valence-corrected chi connectivity index (χ3v) is 6.92. The molecule has 0 bridgehead atoms. The molecular formula is C20H10FNO3S2. The van der Waals surface area contributed by atoms with Crippen LogP contribution in [0.1, 0.15) is 37.1 Å². The zero-order chi connectivity index (χ0) is 18.7. The van der Waals surface area contributed by atoms with Crippen molar-refractivity contribution >= 4 is 34.7 Å². The lowest BCUT2D eigenvalue weighted by atomic mass is 9.79. The van der Waals surface area contributed by atoms with Crippen LogP contribution >= 0.6 is 23.1 Å². The molecule has 0 unspecified atom stereocenters. The molecule has 27 heavy (non-hydrogen) atoms. The van der Waals surface area contributed by atoms with Crippen LogP contribution in [0.3, 0.4) is 0 Å². The van der Waals surface area contributed by atoms with E-state index < -0.39 is 11.7 Å². The van der Waals surface area contributed by atoms with Crippen molar-refractivity contribution in [2.24, 2.45) is 0 Å². The summed E-state index contributed by atoms with van der Waals surface area (Å²) < 4.78 is 13.4. The van der Waals surface area contributed by atoms with E-state index in [1.807, 2.05) is 0 Å². The molecule has 4 nitrogen and oxygen atoms in total. The number of hydrogen-bond acceptors (Lipinski definition) is 5. The number of H-pyrrole nitrogens is 1. The lowest BCUT2D eigenvalue weighted by Crippen LogP contribution is -2.27. The molecule has 132 valence electrons. The Labute approximate surface area is 160 Å². The van der Waals surface area contributed by atoms with Gasteiger partial charge in [0.2, 0.25) is 5.78 Å². The number of nitrogens with one attached hydrogen (secondary N) is 1. The minimum atomic E-state index is -0.578. The first-order chi connectivity index (χ1) is 13.0. The number of Topliss-reactive ketones (excluding diaryl/α,β-unsaturated/α-hetero) is 2. The molecule has 1 aliphatic carbocycles. The molecule has 7 heteroatoms. The molecule has 3 aromatic rings. The van der Waals surface area contributed by atoms with E-state index in [2.05, 4.69) is 4.98 Å². The second-order valence-electron chi connectivity index (χ2n) is 6.24. The van der Waals surface area contributed by atoms with Gasteiger partial charge in [0.25, 0.3) is 0 Å². The number of carbonyl (C=O) groups is 2. The highest BCUT2D eigenvalue weighted by molar-refractivity contribution is 8.04. The number of fused-ring (bicyclic) bond motifs is 2. The average molecular weight is 395 g/mol. The molecule has 5 rings (SSSR count). The quantitative estimate of drug-likeness (QED) is 0.672. The zero-order valence-electron chi connectivity index (χ0n) is 13.6. The van der Waals surface area contributed by atoms with E-state index in [1.54, 1.807) is 36.4 Å². The van der Waals surface area contributed by atoms with Crippen molar-refractivity contribution in [1.29, 1.82) is 0 Å². The second kappa shape index (κ2) is 5.87. The number of thioether (sulfide) groups is 1. The summed E-state index contributed by atoms with van der Waals surface area (Å²) in [5.74, 6) is -1.42. The van der Waals surface area contributed by atoms with E-state index in [4.69, 9.17) is 0 Å². The monoisotopic (exact) mass is 395 g/mol. The van der Waals surface area contributed by atoms with Crippen molar-refractivity contribution in [1.82, 2.24) is 4.98 Å². The molecule has 2 heterocycles. The molecule has 0 radical (unpaired) electrons. The molecule has 1 N–H and O–H groups in total. The van der Waals surface area contributed by atoms with Crippen molar-refractivity contribution in [2.75, 3.05) is 0 Å². The van der Waals surface area contributed by atoms with E-state index in [9.17, 15) is 18.8 Å². The maximum atomic E-state index is 13.4. The number of aromatic nitrogens is 1. The Balaban J connectivity index is 1.79. The van der Waals surface area contributed by atoms with E-state index in [0.29, 0.717) is 37.1 Å². The van der Waals surface area contributed by atoms with Crippen molar-refractivity contribution in [2.45, 2.75) is 10.9 Å². The van der Waals surface area contributed by atoms with Crippen LogP contribution < -0.4 is 4.87 Å². The van der Waals surface area contributed by atoms with Gasteiger partial charge in [-0.25, -0.2) is 4.39 Å². The number of rotatable bonds is 1. The molecule has 0 amide bonds. The summed E-state index contributed by atoms with van der Waals surface area (Å²) in [5, 5.41) is 0.568. The Hall–Kier alpha value is -2.77. The largest absolute Gasteiger partial charge is 0.307 e. The van der Waals surface area contributed by atoms with Crippen LogP contribution in [0.5, 0.6) is 0 Å². The van der Waals surface area contributed by atoms with Gasteiger partial charge >= 0.3 is 4.87 Å². The number of aromatic amines is 1. The third-order valence-electron chi connectivity index (χ3n) is 4.71. The van der Waals surface area contributed by atoms with Crippen LogP contribution in [0.25, 0.3) is 0 Å². The van der Waals surface area contributed by atoms with Crippen molar-refractivity contribution in [3.05, 3.63) is 96.1 Å². The minimum Gasteiger partial charge on any atom is -0.307 e. The van der Waals surface area contributed by atoms with E-state index in [0.717, 1.165) is 23.1 Å². The fourth-order valence-corrected chi connectivity index (χ4v) is 5.81. The van der Waals surface area contributed by atoms with Crippen LogP contribution in [0, 0.1) is 5.82 Å². The number of allylic oxidation sites excluding steroid dienone is 2. The SMILES string of the molecule is O=C1C2=C(C(=O)c3ccccc31)[C@@H](c1ccc(F)cc1)c1sc(=O)[nH]c1S2. The van der Waals surface area contributed by atoms with Gasteiger partial charge in [-0.2, -0.15) is 0 Å². The van der Waals surface area contributed by atoms with E-state index in [-0.39, 0.29) is 16.4 Å². The Kier molecular flexibility index (Phi) is 3.57. The summed E-state index contributed by atoms with van der Waals surface area (Å²) in [6.07, 6.45) is 0. The summed E-state index contributed by atoms with van der Waals surface area (Å²) in [4.78, 5) is 41.8. The van der Waals surface area contributed by atoms with Crippen LogP contribution in [0.2, 0.25) is 0 Å². The third kappa shape index (κ3) is 2.39. The Morgan fingerprint density at radius 1 is 0.889 bits per heavy atom. The Morgan fingerprint density at radius 2 is 1.56 bits per heavy atom. The van der Waals surface area contributed by atoms with E-state index in [1.165, 1.54) is 12.1 Å². The molecular weight excluding hydrogens is 385 g/mol. The summed E-state index contributed by atoms with van der Waals surface area (Å²) in [6.45, 7) is 0. The first-order valence-electron chi connectivity index (χ1n) is 8.13. The number of thiazole rings is 1. The van der Waals surface area contributed by atoms with E-state index >= 15 is 0 Å². The first kappa shape index (κ1) is 16.4. The topological polar surface area (TPSA) is 67.0 Å². The first-order valence-corrected chi connectivity index (χ1v) is 9.77. The standard InChI is InChI=1S/C20H10FNO3S2/c21-10-7-5-9(6-8-10)13-14-15(23)11-3-1-2-4-12(11)16(24)17(14)26-19-18(13)27-20(25)22-19/h1-8,13H,(H,22,25)/t13-/m1/s1. The van der Waals surface area contributed by atoms with Gasteiger partial charge in [-0.3, -0.25) is 14.4 Å². The zero-order valence-corrected chi connectivity index (χ0v) is 15.2. The number of carbonyl (C=O) groups excluding carboxylic acids is 2. The van der Waals surface area contributed by atoms with Gasteiger partial charge in [0.15, 0.2) is 5.78 Å². The van der Waals surface area contributed by atoms with Crippen molar-refractivity contribution in [3.8, 4) is 0 Å². The van der Waals surface area contributed by atoms with Gasteiger partial charge in [0.05, 0.1) is 20.7 Å². The lowest BCUT2D eigenvalue weighted by molar-refractivity contribution is 0.0977. The predicted molar refractivity (Wildman–Crippen MR) is 101 cm³/mol. The molecule has 0 spiro atoms. The van der Waals surface area contributed by atoms with Gasteiger partial charge in [0, 0.05) is 16.7 Å². The molecule has 0 saturated carbocycles. The molecule has 1 atom stereocenters. The second-order valence-corrected chi connectivity index (χ2v) is 8.28. The summed E-state index contributed by atoms with van der Waals surface area (Å²) in [6, 6.07) is 12.5. The molecule has 2 aromatic carbocycles. The van der Waals surface area contributed by atoms with Crippen molar-refractivity contribution < 1.29 is 14.0 Å². The predicted octanol–water partition coefficient (Wildman–Crippen LogP) is 4.15. The molecule has 2 aliphatic rings. The Morgan fingerprint density at radius 3 is 2.26 bits per heavy atom. The smallest absolute Gasteiger partial charge is 0.305 e. The molecule has 0 fully saturated rings. The van der Waals surface area contributed by atoms with Gasteiger partial charge in [0.1, 0.15) is 5.82 Å². The molecule has 0 saturated heterocycles. The minimum absolute atomic E-state index is 0.227. The van der Waals surface area contributed by atoms with Crippen LogP contribution in [-0.2, 0) is 0 Å². The Bertz CT molecular complexity index is 1220. The molecule has 1 aliphatic heterocycles. The van der Waals surface area contributed by atoms with Gasteiger partial charge in [-0.15, -0.1) is 0 Å². The average Bonchev–Trinajstić information content (AvgIpc) is 3.05. The van der Waals surface area contributed by atoms with Crippen LogP contribution in [-0.4, -0.2) is 16.6 Å². The normalized spacial score (nSPS) is 18.2. The summed E-state index contributed by atoms with van der Waals surface area (Å²) in [5.41, 5.74) is 1.76. The lowest BCUT2D eigenvalue weighted by Gasteiger charge is -2.30. The van der Waals surface area contributed by atoms with Crippen LogP contribution in [0.4, 0.5) is 4.39 Å². The number of ketones is 2. The highest BCUT2D eigenvalue weighted by Crippen LogP contribution is 2.51. The highest BCUT2D eigenvalue weighted by atomic mass is 32.2. The molecule has 1 aromatic heterocycles. The fourth-order valence-electron chi connectivity index (χ4n) is 3.53. The van der Waals surface area contributed by atoms with Crippen LogP contribution in [0.15, 0.2) is 68.8 Å². The maximum Gasteiger partial charge on any atom is 0.305 e. The van der Waals surface area contributed by atoms with Gasteiger partial charge < -0.3 is 4.98 Å². The summed E-state index contributed by atoms with van der Waals surface area (Å²) >= 11 is 2.14. The van der Waals surface area contributed by atoms with Gasteiger partial charge in [-0.1, -0.05) is 59.5 Å².